The van der Waals surface area contributed by atoms with E-state index in [1.54, 1.807) is 12.1 Å². The smallest absolute Gasteiger partial charge is 0.241 e. The first-order valence-corrected chi connectivity index (χ1v) is 10.1. The highest BCUT2D eigenvalue weighted by Gasteiger charge is 2.37. The highest BCUT2D eigenvalue weighted by molar-refractivity contribution is 7.89. The summed E-state index contributed by atoms with van der Waals surface area (Å²) < 4.78 is 25.8. The Morgan fingerprint density at radius 3 is 1.92 bits per heavy atom. The summed E-state index contributed by atoms with van der Waals surface area (Å²) in [6.07, 6.45) is 0. The zero-order chi connectivity index (χ0) is 18.8. The lowest BCUT2D eigenvalue weighted by atomic mass is 10.1. The SMILES string of the molecule is CN(C)c1ccc(C(NS(=O)(=O)c2ccc(Cl)cc2)C(Cl)(Cl)Cl)cc1. The second-order valence-corrected chi connectivity index (χ2v) is 10.1. The molecule has 0 heterocycles. The summed E-state index contributed by atoms with van der Waals surface area (Å²) in [6, 6.07) is 11.7. The van der Waals surface area contributed by atoms with E-state index in [4.69, 9.17) is 46.4 Å². The highest BCUT2D eigenvalue weighted by Crippen LogP contribution is 2.41. The molecule has 0 fully saturated rings. The highest BCUT2D eigenvalue weighted by atomic mass is 35.6. The maximum atomic E-state index is 12.6. The summed E-state index contributed by atoms with van der Waals surface area (Å²) in [5.74, 6) is 0. The molecule has 2 aromatic rings. The van der Waals surface area contributed by atoms with E-state index in [0.717, 1.165) is 5.69 Å². The topological polar surface area (TPSA) is 49.4 Å². The molecule has 2 rings (SSSR count). The van der Waals surface area contributed by atoms with Crippen molar-refractivity contribution in [1.29, 1.82) is 0 Å². The molecule has 1 N–H and O–H groups in total. The molecule has 0 saturated heterocycles. The average Bonchev–Trinajstić information content (AvgIpc) is 2.52. The molecule has 0 saturated carbocycles. The van der Waals surface area contributed by atoms with Gasteiger partial charge >= 0.3 is 0 Å². The van der Waals surface area contributed by atoms with Gasteiger partial charge in [-0.2, -0.15) is 4.72 Å². The van der Waals surface area contributed by atoms with Crippen LogP contribution in [-0.4, -0.2) is 26.3 Å². The number of rotatable bonds is 5. The summed E-state index contributed by atoms with van der Waals surface area (Å²) >= 11 is 23.9. The largest absolute Gasteiger partial charge is 0.378 e. The van der Waals surface area contributed by atoms with Crippen LogP contribution in [0.1, 0.15) is 11.6 Å². The van der Waals surface area contributed by atoms with Crippen molar-refractivity contribution < 1.29 is 8.42 Å². The Morgan fingerprint density at radius 2 is 1.48 bits per heavy atom. The van der Waals surface area contributed by atoms with Gasteiger partial charge in [-0.1, -0.05) is 58.5 Å². The number of nitrogens with zero attached hydrogens (tertiary/aromatic N) is 1. The average molecular weight is 442 g/mol. The van der Waals surface area contributed by atoms with Gasteiger partial charge in [-0.15, -0.1) is 0 Å². The molecule has 0 aliphatic carbocycles. The van der Waals surface area contributed by atoms with Crippen LogP contribution in [0.3, 0.4) is 0 Å². The number of anilines is 1. The number of nitrogens with one attached hydrogen (secondary N) is 1. The summed E-state index contributed by atoms with van der Waals surface area (Å²) in [4.78, 5) is 1.94. The van der Waals surface area contributed by atoms with Gasteiger partial charge in [0, 0.05) is 24.8 Å². The van der Waals surface area contributed by atoms with Crippen LogP contribution in [0, 0.1) is 0 Å². The first-order valence-electron chi connectivity index (χ1n) is 7.12. The van der Waals surface area contributed by atoms with Crippen LogP contribution in [0.4, 0.5) is 5.69 Å². The molecule has 0 radical (unpaired) electrons. The van der Waals surface area contributed by atoms with Gasteiger partial charge in [0.25, 0.3) is 0 Å². The van der Waals surface area contributed by atoms with Crippen LogP contribution in [0.5, 0.6) is 0 Å². The number of sulfonamides is 1. The number of hydrogen-bond donors (Lipinski definition) is 1. The van der Waals surface area contributed by atoms with E-state index in [-0.39, 0.29) is 4.90 Å². The van der Waals surface area contributed by atoms with E-state index in [2.05, 4.69) is 4.72 Å². The van der Waals surface area contributed by atoms with E-state index in [1.165, 1.54) is 24.3 Å². The van der Waals surface area contributed by atoms with Crippen molar-refractivity contribution in [1.82, 2.24) is 4.72 Å². The Kier molecular flexibility index (Phi) is 6.52. The van der Waals surface area contributed by atoms with E-state index in [0.29, 0.717) is 10.6 Å². The van der Waals surface area contributed by atoms with Gasteiger partial charge in [-0.05, 0) is 42.0 Å². The van der Waals surface area contributed by atoms with Crippen LogP contribution < -0.4 is 9.62 Å². The quantitative estimate of drug-likeness (QED) is 0.678. The van der Waals surface area contributed by atoms with E-state index >= 15 is 0 Å². The lowest BCUT2D eigenvalue weighted by molar-refractivity contribution is 0.558. The van der Waals surface area contributed by atoms with Crippen LogP contribution in [0.25, 0.3) is 0 Å². The number of hydrogen-bond acceptors (Lipinski definition) is 3. The molecule has 0 aliphatic rings. The second kappa shape index (κ2) is 7.91. The maximum absolute atomic E-state index is 12.6. The molecule has 0 bridgehead atoms. The van der Waals surface area contributed by atoms with Gasteiger partial charge in [-0.3, -0.25) is 0 Å². The van der Waals surface area contributed by atoms with Crippen LogP contribution in [0.15, 0.2) is 53.4 Å². The van der Waals surface area contributed by atoms with Crippen molar-refractivity contribution in [2.75, 3.05) is 19.0 Å². The van der Waals surface area contributed by atoms with Crippen molar-refractivity contribution in [3.05, 3.63) is 59.1 Å². The minimum absolute atomic E-state index is 0.0288. The Hall–Kier alpha value is -0.690. The minimum Gasteiger partial charge on any atom is -0.378 e. The molecule has 0 spiro atoms. The zero-order valence-electron chi connectivity index (χ0n) is 13.4. The van der Waals surface area contributed by atoms with Crippen molar-refractivity contribution in [3.8, 4) is 0 Å². The summed E-state index contributed by atoms with van der Waals surface area (Å²) in [5.41, 5.74) is 1.47. The fourth-order valence-corrected chi connectivity index (χ4v) is 4.24. The van der Waals surface area contributed by atoms with Crippen LogP contribution >= 0.6 is 46.4 Å². The second-order valence-electron chi connectivity index (χ2n) is 5.54. The predicted octanol–water partition coefficient (Wildman–Crippen LogP) is 4.80. The maximum Gasteiger partial charge on any atom is 0.241 e. The molecule has 1 atom stereocenters. The molecule has 9 heteroatoms. The lowest BCUT2D eigenvalue weighted by Gasteiger charge is -2.26. The monoisotopic (exact) mass is 440 g/mol. The van der Waals surface area contributed by atoms with Gasteiger partial charge in [0.15, 0.2) is 0 Å². The number of halogens is 4. The third-order valence-corrected chi connectivity index (χ3v) is 5.81. The van der Waals surface area contributed by atoms with Gasteiger partial charge in [0.05, 0.1) is 10.9 Å². The summed E-state index contributed by atoms with van der Waals surface area (Å²) in [6.45, 7) is 0. The first-order chi connectivity index (χ1) is 11.5. The predicted molar refractivity (Wildman–Crippen MR) is 106 cm³/mol. The first kappa shape index (κ1) is 20.6. The standard InChI is InChI=1S/C16H16Cl4N2O2S/c1-22(2)13-7-3-11(4-8-13)15(16(18,19)20)21-25(23,24)14-9-5-12(17)6-10-14/h3-10,15,21H,1-2H3. The van der Waals surface area contributed by atoms with Gasteiger partial charge in [-0.25, -0.2) is 8.42 Å². The Balaban J connectivity index is 2.37. The minimum atomic E-state index is -3.91. The Bertz CT molecular complexity index is 817. The molecule has 2 aromatic carbocycles. The Labute approximate surface area is 167 Å². The third-order valence-electron chi connectivity index (χ3n) is 3.47. The van der Waals surface area contributed by atoms with Gasteiger partial charge < -0.3 is 4.90 Å². The van der Waals surface area contributed by atoms with Gasteiger partial charge in [0.2, 0.25) is 13.8 Å². The summed E-state index contributed by atoms with van der Waals surface area (Å²) in [7, 11) is -0.119. The van der Waals surface area contributed by atoms with Crippen molar-refractivity contribution >= 4 is 62.1 Å². The van der Waals surface area contributed by atoms with Crippen LogP contribution in [-0.2, 0) is 10.0 Å². The lowest BCUT2D eigenvalue weighted by Crippen LogP contribution is -2.36. The molecule has 25 heavy (non-hydrogen) atoms. The van der Waals surface area contributed by atoms with E-state index in [1.807, 2.05) is 31.1 Å². The Morgan fingerprint density at radius 1 is 0.960 bits per heavy atom. The fraction of sp³-hybridized carbons (Fsp3) is 0.250. The third kappa shape index (κ3) is 5.39. The van der Waals surface area contributed by atoms with Crippen LogP contribution in [0.2, 0.25) is 5.02 Å². The normalized spacial score (nSPS) is 13.5. The molecule has 4 nitrogen and oxygen atoms in total. The molecule has 1 unspecified atom stereocenters. The van der Waals surface area contributed by atoms with E-state index < -0.39 is 19.9 Å². The molecule has 0 amide bonds. The fourth-order valence-electron chi connectivity index (χ4n) is 2.13. The number of benzene rings is 2. The summed E-state index contributed by atoms with van der Waals surface area (Å²) in [5, 5.41) is 0.427. The van der Waals surface area contributed by atoms with Gasteiger partial charge in [0.1, 0.15) is 0 Å². The number of alkyl halides is 3. The molecule has 0 aliphatic heterocycles. The van der Waals surface area contributed by atoms with Crippen molar-refractivity contribution in [2.45, 2.75) is 14.7 Å². The molecular weight excluding hydrogens is 426 g/mol. The van der Waals surface area contributed by atoms with Crippen molar-refractivity contribution in [2.24, 2.45) is 0 Å². The molecular formula is C16H16Cl4N2O2S. The van der Waals surface area contributed by atoms with Crippen molar-refractivity contribution in [3.63, 3.8) is 0 Å². The zero-order valence-corrected chi connectivity index (χ0v) is 17.2. The molecule has 136 valence electrons. The molecule has 0 aromatic heterocycles. The van der Waals surface area contributed by atoms with E-state index in [9.17, 15) is 8.42 Å².